The molecule has 0 N–H and O–H groups in total. The molecule has 2 fully saturated rings. The molecule has 70 valence electrons. The van der Waals surface area contributed by atoms with Crippen LogP contribution in [0.5, 0.6) is 0 Å². The topological polar surface area (TPSA) is 21.7 Å². The molecular formula is C8H14INO2. The van der Waals surface area contributed by atoms with Crippen LogP contribution < -0.4 is 0 Å². The van der Waals surface area contributed by atoms with Crippen LogP contribution in [-0.4, -0.2) is 47.5 Å². The van der Waals surface area contributed by atoms with Crippen molar-refractivity contribution in [3.8, 4) is 0 Å². The van der Waals surface area contributed by atoms with Crippen molar-refractivity contribution in [2.75, 3.05) is 32.9 Å². The normalized spacial score (nSPS) is 31.5. The number of rotatable bonds is 1. The van der Waals surface area contributed by atoms with Crippen LogP contribution in [0.4, 0.5) is 0 Å². The summed E-state index contributed by atoms with van der Waals surface area (Å²) < 4.78 is 11.5. The van der Waals surface area contributed by atoms with Gasteiger partial charge in [0.2, 0.25) is 0 Å². The Morgan fingerprint density at radius 1 is 1.50 bits per heavy atom. The number of morpholine rings is 1. The van der Waals surface area contributed by atoms with Gasteiger partial charge in [0.25, 0.3) is 0 Å². The molecule has 1 spiro atoms. The first kappa shape index (κ1) is 9.18. The van der Waals surface area contributed by atoms with Crippen molar-refractivity contribution in [2.45, 2.75) is 16.6 Å². The zero-order chi connectivity index (χ0) is 8.60. The van der Waals surface area contributed by atoms with Gasteiger partial charge in [0.15, 0.2) is 0 Å². The van der Waals surface area contributed by atoms with E-state index in [1.54, 1.807) is 0 Å². The van der Waals surface area contributed by atoms with E-state index >= 15 is 0 Å². The summed E-state index contributed by atoms with van der Waals surface area (Å²) >= 11 is 2.45. The molecule has 12 heavy (non-hydrogen) atoms. The molecule has 2 aliphatic rings. The molecule has 2 aliphatic heterocycles. The minimum atomic E-state index is 0.0533. The number of alkyl halides is 1. The number of hydrogen-bond donors (Lipinski definition) is 0. The summed E-state index contributed by atoms with van der Waals surface area (Å²) in [6, 6.07) is 0. The standard InChI is InChI=1S/C8H14INO2/c1-7(9)10-2-3-12-8(4-10)5-11-6-8/h7H,2-6H2,1H3. The maximum absolute atomic E-state index is 5.71. The van der Waals surface area contributed by atoms with E-state index in [2.05, 4.69) is 34.4 Å². The summed E-state index contributed by atoms with van der Waals surface area (Å²) in [4.78, 5) is 2.45. The second-order valence-electron chi connectivity index (χ2n) is 3.57. The van der Waals surface area contributed by atoms with E-state index in [-0.39, 0.29) is 5.60 Å². The van der Waals surface area contributed by atoms with E-state index < -0.39 is 0 Å². The SMILES string of the molecule is CC(I)N1CCOC2(COC2)C1. The smallest absolute Gasteiger partial charge is 0.127 e. The van der Waals surface area contributed by atoms with Gasteiger partial charge in [-0.15, -0.1) is 0 Å². The van der Waals surface area contributed by atoms with E-state index in [1.165, 1.54) is 0 Å². The summed E-state index contributed by atoms with van der Waals surface area (Å²) in [6.07, 6.45) is 0. The maximum atomic E-state index is 5.71. The maximum Gasteiger partial charge on any atom is 0.127 e. The molecule has 0 bridgehead atoms. The van der Waals surface area contributed by atoms with Crippen molar-refractivity contribution in [3.63, 3.8) is 0 Å². The van der Waals surface area contributed by atoms with Gasteiger partial charge in [-0.3, -0.25) is 4.90 Å². The lowest BCUT2D eigenvalue weighted by Crippen LogP contribution is -2.63. The minimum absolute atomic E-state index is 0.0533. The zero-order valence-electron chi connectivity index (χ0n) is 7.25. The third-order valence-corrected chi connectivity index (χ3v) is 3.30. The highest BCUT2D eigenvalue weighted by Crippen LogP contribution is 2.28. The summed E-state index contributed by atoms with van der Waals surface area (Å²) in [5.41, 5.74) is 0.0533. The molecule has 1 unspecified atom stereocenters. The molecule has 0 aliphatic carbocycles. The van der Waals surface area contributed by atoms with Crippen LogP contribution in [0.1, 0.15) is 6.92 Å². The molecule has 0 aromatic carbocycles. The van der Waals surface area contributed by atoms with Crippen LogP contribution in [0.15, 0.2) is 0 Å². The number of ether oxygens (including phenoxy) is 2. The average Bonchev–Trinajstić information content (AvgIpc) is 2.02. The van der Waals surface area contributed by atoms with Crippen LogP contribution in [0.2, 0.25) is 0 Å². The second-order valence-corrected chi connectivity index (χ2v) is 5.37. The largest absolute Gasteiger partial charge is 0.375 e. The molecule has 1 atom stereocenters. The van der Waals surface area contributed by atoms with Crippen LogP contribution in [0.3, 0.4) is 0 Å². The summed E-state index contributed by atoms with van der Waals surface area (Å²) in [7, 11) is 0. The van der Waals surface area contributed by atoms with Gasteiger partial charge in [0.05, 0.1) is 23.9 Å². The quantitative estimate of drug-likeness (QED) is 0.405. The van der Waals surface area contributed by atoms with Gasteiger partial charge in [0, 0.05) is 13.1 Å². The lowest BCUT2D eigenvalue weighted by atomic mass is 10.00. The molecule has 2 heterocycles. The van der Waals surface area contributed by atoms with Crippen molar-refractivity contribution >= 4 is 22.6 Å². The van der Waals surface area contributed by atoms with Crippen molar-refractivity contribution < 1.29 is 9.47 Å². The van der Waals surface area contributed by atoms with Crippen molar-refractivity contribution in [1.82, 2.24) is 4.90 Å². The molecule has 0 radical (unpaired) electrons. The highest BCUT2D eigenvalue weighted by molar-refractivity contribution is 14.1. The number of nitrogens with zero attached hydrogens (tertiary/aromatic N) is 1. The highest BCUT2D eigenvalue weighted by Gasteiger charge is 2.44. The van der Waals surface area contributed by atoms with Gasteiger partial charge in [-0.25, -0.2) is 0 Å². The van der Waals surface area contributed by atoms with E-state index in [0.717, 1.165) is 32.9 Å². The Morgan fingerprint density at radius 3 is 2.75 bits per heavy atom. The predicted molar refractivity (Wildman–Crippen MR) is 54.6 cm³/mol. The number of halogens is 1. The molecule has 3 nitrogen and oxygen atoms in total. The fourth-order valence-corrected chi connectivity index (χ4v) is 2.16. The predicted octanol–water partition coefficient (Wildman–Crippen LogP) is 0.869. The molecule has 0 saturated carbocycles. The van der Waals surface area contributed by atoms with Crippen LogP contribution in [0.25, 0.3) is 0 Å². The molecular weight excluding hydrogens is 269 g/mol. The molecule has 2 saturated heterocycles. The van der Waals surface area contributed by atoms with E-state index in [0.29, 0.717) is 4.05 Å². The highest BCUT2D eigenvalue weighted by atomic mass is 127. The summed E-state index contributed by atoms with van der Waals surface area (Å²) in [5, 5.41) is 0. The monoisotopic (exact) mass is 283 g/mol. The third kappa shape index (κ3) is 1.62. The van der Waals surface area contributed by atoms with Gasteiger partial charge < -0.3 is 9.47 Å². The summed E-state index contributed by atoms with van der Waals surface area (Å²) in [5.74, 6) is 0. The number of hydrogen-bond acceptors (Lipinski definition) is 3. The van der Waals surface area contributed by atoms with E-state index in [1.807, 2.05) is 0 Å². The molecule has 0 aromatic rings. The molecule has 2 rings (SSSR count). The van der Waals surface area contributed by atoms with Gasteiger partial charge >= 0.3 is 0 Å². The Bertz CT molecular complexity index is 170. The molecule has 0 aromatic heterocycles. The Morgan fingerprint density at radius 2 is 2.25 bits per heavy atom. The first-order chi connectivity index (χ1) is 5.72. The van der Waals surface area contributed by atoms with Crippen LogP contribution >= 0.6 is 22.6 Å². The van der Waals surface area contributed by atoms with Crippen LogP contribution in [-0.2, 0) is 9.47 Å². The minimum Gasteiger partial charge on any atom is -0.375 e. The third-order valence-electron chi connectivity index (χ3n) is 2.51. The van der Waals surface area contributed by atoms with Gasteiger partial charge in [-0.05, 0) is 6.92 Å². The fourth-order valence-electron chi connectivity index (χ4n) is 1.68. The van der Waals surface area contributed by atoms with Crippen molar-refractivity contribution in [1.29, 1.82) is 0 Å². The van der Waals surface area contributed by atoms with E-state index in [9.17, 15) is 0 Å². The Balaban J connectivity index is 1.94. The van der Waals surface area contributed by atoms with Gasteiger partial charge in [-0.1, -0.05) is 22.6 Å². The van der Waals surface area contributed by atoms with Crippen molar-refractivity contribution in [3.05, 3.63) is 0 Å². The Labute approximate surface area is 86.5 Å². The summed E-state index contributed by atoms with van der Waals surface area (Å²) in [6.45, 7) is 6.75. The Kier molecular flexibility index (Phi) is 2.60. The first-order valence-electron chi connectivity index (χ1n) is 4.32. The molecule has 0 amide bonds. The zero-order valence-corrected chi connectivity index (χ0v) is 9.41. The second kappa shape index (κ2) is 3.40. The first-order valence-corrected chi connectivity index (χ1v) is 5.56. The average molecular weight is 283 g/mol. The van der Waals surface area contributed by atoms with Crippen molar-refractivity contribution in [2.24, 2.45) is 0 Å². The van der Waals surface area contributed by atoms with Crippen LogP contribution in [0, 0.1) is 0 Å². The lowest BCUT2D eigenvalue weighted by molar-refractivity contribution is -0.237. The lowest BCUT2D eigenvalue weighted by Gasteiger charge is -2.48. The molecule has 4 heteroatoms. The Hall–Kier alpha value is 0.610. The van der Waals surface area contributed by atoms with E-state index in [4.69, 9.17) is 9.47 Å². The van der Waals surface area contributed by atoms with Gasteiger partial charge in [0.1, 0.15) is 5.60 Å². The fraction of sp³-hybridized carbons (Fsp3) is 1.00. The van der Waals surface area contributed by atoms with Gasteiger partial charge in [-0.2, -0.15) is 0 Å².